The smallest absolute Gasteiger partial charge is 0.407 e. The van der Waals surface area contributed by atoms with Crippen LogP contribution in [0.4, 0.5) is 4.79 Å². The molecule has 0 bridgehead atoms. The zero-order valence-corrected chi connectivity index (χ0v) is 7.36. The summed E-state index contributed by atoms with van der Waals surface area (Å²) in [7, 11) is 0. The molecule has 0 spiro atoms. The molecular weight excluding hydrogens is 172 g/mol. The van der Waals surface area contributed by atoms with Crippen LogP contribution in [-0.4, -0.2) is 40.6 Å². The minimum atomic E-state index is -0.921. The van der Waals surface area contributed by atoms with E-state index in [4.69, 9.17) is 5.11 Å². The van der Waals surface area contributed by atoms with E-state index in [9.17, 15) is 9.59 Å². The molecule has 2 aliphatic rings. The largest absolute Gasteiger partial charge is 0.465 e. The van der Waals surface area contributed by atoms with E-state index in [2.05, 4.69) is 5.32 Å². The molecule has 72 valence electrons. The summed E-state index contributed by atoms with van der Waals surface area (Å²) in [6, 6.07) is -0.108. The van der Waals surface area contributed by atoms with Gasteiger partial charge in [0.1, 0.15) is 0 Å². The Morgan fingerprint density at radius 3 is 3.00 bits per heavy atom. The minimum Gasteiger partial charge on any atom is -0.465 e. The molecule has 0 radical (unpaired) electrons. The van der Waals surface area contributed by atoms with Crippen molar-refractivity contribution in [3.8, 4) is 0 Å². The van der Waals surface area contributed by atoms with Crippen LogP contribution in [0.15, 0.2) is 0 Å². The Balaban J connectivity index is 2.21. The molecule has 0 aromatic heterocycles. The van der Waals surface area contributed by atoms with Gasteiger partial charge in [-0.05, 0) is 6.42 Å². The summed E-state index contributed by atoms with van der Waals surface area (Å²) in [5.74, 6) is -0.232. The first-order valence-electron chi connectivity index (χ1n) is 4.41. The van der Waals surface area contributed by atoms with Gasteiger partial charge in [0.15, 0.2) is 0 Å². The third kappa shape index (κ3) is 1.07. The van der Waals surface area contributed by atoms with E-state index in [0.29, 0.717) is 6.54 Å². The quantitative estimate of drug-likeness (QED) is 0.551. The fraction of sp³-hybridized carbons (Fsp3) is 0.750. The predicted octanol–water partition coefficient (Wildman–Crippen LogP) is -0.127. The zero-order valence-electron chi connectivity index (χ0n) is 7.36. The van der Waals surface area contributed by atoms with Crippen LogP contribution < -0.4 is 5.32 Å². The van der Waals surface area contributed by atoms with Gasteiger partial charge in [-0.15, -0.1) is 0 Å². The number of carbonyl (C=O) groups excluding carboxylic acids is 1. The van der Waals surface area contributed by atoms with Gasteiger partial charge in [-0.25, -0.2) is 4.79 Å². The maximum absolute atomic E-state index is 11.2. The van der Waals surface area contributed by atoms with Crippen LogP contribution in [0, 0.1) is 5.92 Å². The molecule has 3 atom stereocenters. The topological polar surface area (TPSA) is 69.6 Å². The van der Waals surface area contributed by atoms with Gasteiger partial charge in [0, 0.05) is 6.54 Å². The van der Waals surface area contributed by atoms with Crippen molar-refractivity contribution < 1.29 is 14.7 Å². The summed E-state index contributed by atoms with van der Waals surface area (Å²) in [4.78, 5) is 23.4. The van der Waals surface area contributed by atoms with Crippen LogP contribution in [0.2, 0.25) is 0 Å². The number of nitrogens with zero attached hydrogens (tertiary/aromatic N) is 1. The van der Waals surface area contributed by atoms with Gasteiger partial charge in [-0.1, -0.05) is 6.92 Å². The first-order valence-corrected chi connectivity index (χ1v) is 4.41. The molecule has 2 rings (SSSR count). The van der Waals surface area contributed by atoms with Crippen LogP contribution in [0.25, 0.3) is 0 Å². The fourth-order valence-electron chi connectivity index (χ4n) is 2.28. The molecule has 0 unspecified atom stereocenters. The van der Waals surface area contributed by atoms with Gasteiger partial charge in [0.2, 0.25) is 5.91 Å². The van der Waals surface area contributed by atoms with Crippen molar-refractivity contribution in [2.75, 3.05) is 6.54 Å². The third-order valence-corrected chi connectivity index (χ3v) is 2.95. The average molecular weight is 184 g/mol. The average Bonchev–Trinajstić information content (AvgIpc) is 2.55. The van der Waals surface area contributed by atoms with Crippen LogP contribution in [-0.2, 0) is 4.79 Å². The van der Waals surface area contributed by atoms with Crippen molar-refractivity contribution >= 4 is 12.0 Å². The number of amides is 2. The van der Waals surface area contributed by atoms with Gasteiger partial charge in [0.25, 0.3) is 0 Å². The molecule has 2 aliphatic heterocycles. The van der Waals surface area contributed by atoms with Gasteiger partial charge >= 0.3 is 6.09 Å². The van der Waals surface area contributed by atoms with E-state index >= 15 is 0 Å². The van der Waals surface area contributed by atoms with Crippen molar-refractivity contribution in [2.24, 2.45) is 5.92 Å². The van der Waals surface area contributed by atoms with E-state index in [1.807, 2.05) is 0 Å². The second-order valence-electron chi connectivity index (χ2n) is 3.66. The molecule has 13 heavy (non-hydrogen) atoms. The fourth-order valence-corrected chi connectivity index (χ4v) is 2.28. The maximum Gasteiger partial charge on any atom is 0.407 e. The predicted molar refractivity (Wildman–Crippen MR) is 44.2 cm³/mol. The summed E-state index contributed by atoms with van der Waals surface area (Å²) < 4.78 is 0. The van der Waals surface area contributed by atoms with Gasteiger partial charge in [-0.2, -0.15) is 0 Å². The lowest BCUT2D eigenvalue weighted by Gasteiger charge is -2.22. The molecule has 0 saturated carbocycles. The molecule has 0 aromatic carbocycles. The highest BCUT2D eigenvalue weighted by atomic mass is 16.4. The Bertz CT molecular complexity index is 266. The second-order valence-corrected chi connectivity index (χ2v) is 3.66. The molecule has 2 N–H and O–H groups in total. The highest BCUT2D eigenvalue weighted by Crippen LogP contribution is 2.29. The highest BCUT2D eigenvalue weighted by molar-refractivity contribution is 5.83. The van der Waals surface area contributed by atoms with Crippen molar-refractivity contribution in [1.29, 1.82) is 0 Å². The maximum atomic E-state index is 11.2. The molecular formula is C8H12N2O3. The number of hydrogen-bond donors (Lipinski definition) is 2. The van der Waals surface area contributed by atoms with Gasteiger partial charge < -0.3 is 15.3 Å². The normalized spacial score (nSPS) is 37.5. The molecule has 0 aliphatic carbocycles. The first kappa shape index (κ1) is 8.34. The molecule has 2 saturated heterocycles. The Morgan fingerprint density at radius 1 is 1.69 bits per heavy atom. The molecule has 2 amide bonds. The number of carbonyl (C=O) groups is 2. The molecule has 2 heterocycles. The molecule has 5 nitrogen and oxygen atoms in total. The van der Waals surface area contributed by atoms with Crippen molar-refractivity contribution in [1.82, 2.24) is 10.2 Å². The van der Waals surface area contributed by atoms with E-state index < -0.39 is 6.09 Å². The van der Waals surface area contributed by atoms with Gasteiger partial charge in [0.05, 0.1) is 18.0 Å². The highest BCUT2D eigenvalue weighted by Gasteiger charge is 2.48. The van der Waals surface area contributed by atoms with Crippen LogP contribution in [0.5, 0.6) is 0 Å². The van der Waals surface area contributed by atoms with Gasteiger partial charge in [-0.3, -0.25) is 4.79 Å². The lowest BCUT2D eigenvalue weighted by atomic mass is 10.0. The van der Waals surface area contributed by atoms with Crippen LogP contribution >= 0.6 is 0 Å². The van der Waals surface area contributed by atoms with Crippen molar-refractivity contribution in [3.05, 3.63) is 0 Å². The van der Waals surface area contributed by atoms with E-state index in [1.165, 1.54) is 4.90 Å². The lowest BCUT2D eigenvalue weighted by Crippen LogP contribution is -2.40. The van der Waals surface area contributed by atoms with Crippen molar-refractivity contribution in [2.45, 2.75) is 25.4 Å². The van der Waals surface area contributed by atoms with E-state index in [0.717, 1.165) is 6.42 Å². The zero-order chi connectivity index (χ0) is 9.59. The number of hydrogen-bond acceptors (Lipinski definition) is 2. The number of carboxylic acid groups (broad SMARTS) is 1. The van der Waals surface area contributed by atoms with Crippen LogP contribution in [0.3, 0.4) is 0 Å². The summed E-state index contributed by atoms with van der Waals surface area (Å²) in [5, 5.41) is 11.7. The van der Waals surface area contributed by atoms with E-state index in [1.54, 1.807) is 6.92 Å². The standard InChI is InChI=1S/C8H12N2O3/c1-4-6-5(9-7(4)11)2-3-10(6)8(12)13/h4-6H,2-3H2,1H3,(H,9,11)(H,12,13)/t4-,5-,6+/m0/s1. The summed E-state index contributed by atoms with van der Waals surface area (Å²) >= 11 is 0. The minimum absolute atomic E-state index is 0.0269. The molecule has 2 fully saturated rings. The monoisotopic (exact) mass is 184 g/mol. The van der Waals surface area contributed by atoms with Crippen LogP contribution in [0.1, 0.15) is 13.3 Å². The Hall–Kier alpha value is -1.26. The first-order chi connectivity index (χ1) is 6.11. The SMILES string of the molecule is C[C@@H]1C(=O)N[C@H]2CCN(C(=O)O)[C@@H]21. The second kappa shape index (κ2) is 2.61. The summed E-state index contributed by atoms with van der Waals surface area (Å²) in [6.07, 6.45) is -0.177. The van der Waals surface area contributed by atoms with E-state index in [-0.39, 0.29) is 23.9 Å². The molecule has 5 heteroatoms. The molecule has 0 aromatic rings. The number of nitrogens with one attached hydrogen (secondary N) is 1. The number of fused-ring (bicyclic) bond motifs is 1. The lowest BCUT2D eigenvalue weighted by molar-refractivity contribution is -0.122. The number of rotatable bonds is 0. The summed E-state index contributed by atoms with van der Waals surface area (Å²) in [5.41, 5.74) is 0. The summed E-state index contributed by atoms with van der Waals surface area (Å²) in [6.45, 7) is 2.32. The Labute approximate surface area is 75.7 Å². The van der Waals surface area contributed by atoms with Crippen molar-refractivity contribution in [3.63, 3.8) is 0 Å². The number of likely N-dealkylation sites (tertiary alicyclic amines) is 1. The Kier molecular flexibility index (Phi) is 1.68. The third-order valence-electron chi connectivity index (χ3n) is 2.95. The Morgan fingerprint density at radius 2 is 2.38 bits per heavy atom.